The normalized spacial score (nSPS) is 10.8. The molecule has 0 aliphatic rings. The smallest absolute Gasteiger partial charge is 0.351 e. The Bertz CT molecular complexity index is 895. The van der Waals surface area contributed by atoms with E-state index in [0.29, 0.717) is 31.9 Å². The minimum Gasteiger partial charge on any atom is -0.710 e. The standard InChI is InChI=1S/C15H10ClN3O3/c16-11-4-2-10(3-5-11)14-15(17)19(22)12-6-1-9(8-20)7-13(12)18(14)21/h1-8H,17H2. The van der Waals surface area contributed by atoms with Crippen molar-refractivity contribution in [2.24, 2.45) is 0 Å². The Balaban J connectivity index is 2.39. The third-order valence-corrected chi connectivity index (χ3v) is 3.61. The quantitative estimate of drug-likeness (QED) is 0.443. The molecule has 0 aliphatic carbocycles. The molecule has 3 aromatic rings. The van der Waals surface area contributed by atoms with Crippen LogP contribution in [0, 0.1) is 10.4 Å². The van der Waals surface area contributed by atoms with Crippen molar-refractivity contribution in [1.29, 1.82) is 0 Å². The van der Waals surface area contributed by atoms with E-state index in [1.807, 2.05) is 0 Å². The van der Waals surface area contributed by atoms with Gasteiger partial charge in [-0.3, -0.25) is 10.5 Å². The second-order valence-electron chi connectivity index (χ2n) is 4.70. The molecule has 0 amide bonds. The molecule has 0 saturated carbocycles. The van der Waals surface area contributed by atoms with Crippen LogP contribution in [0.5, 0.6) is 0 Å². The van der Waals surface area contributed by atoms with Gasteiger partial charge in [-0.2, -0.15) is 4.73 Å². The fourth-order valence-electron chi connectivity index (χ4n) is 2.27. The highest BCUT2D eigenvalue weighted by molar-refractivity contribution is 6.30. The zero-order valence-corrected chi connectivity index (χ0v) is 11.9. The maximum atomic E-state index is 12.6. The summed E-state index contributed by atoms with van der Waals surface area (Å²) in [5.41, 5.74) is 6.75. The molecule has 2 aromatic carbocycles. The molecule has 1 heterocycles. The fraction of sp³-hybridized carbons (Fsp3) is 0. The molecule has 22 heavy (non-hydrogen) atoms. The van der Waals surface area contributed by atoms with Crippen molar-refractivity contribution < 1.29 is 14.3 Å². The van der Waals surface area contributed by atoms with E-state index in [1.165, 1.54) is 18.2 Å². The van der Waals surface area contributed by atoms with Crippen LogP contribution in [-0.4, -0.2) is 6.29 Å². The summed E-state index contributed by atoms with van der Waals surface area (Å²) in [7, 11) is 0. The molecular weight excluding hydrogens is 306 g/mol. The lowest BCUT2D eigenvalue weighted by molar-refractivity contribution is -0.609. The van der Waals surface area contributed by atoms with Gasteiger partial charge in [0.05, 0.1) is 5.56 Å². The summed E-state index contributed by atoms with van der Waals surface area (Å²) in [6, 6.07) is 10.6. The summed E-state index contributed by atoms with van der Waals surface area (Å²) in [6.07, 6.45) is 0.604. The number of rotatable bonds is 2. The molecule has 1 aromatic heterocycles. The largest absolute Gasteiger partial charge is 0.710 e. The number of nitrogens with zero attached hydrogens (tertiary/aromatic N) is 2. The molecule has 0 saturated heterocycles. The van der Waals surface area contributed by atoms with Gasteiger partial charge in [0.1, 0.15) is 6.29 Å². The Labute approximate surface area is 130 Å². The highest BCUT2D eigenvalue weighted by atomic mass is 35.5. The first-order valence-corrected chi connectivity index (χ1v) is 6.70. The van der Waals surface area contributed by atoms with Crippen molar-refractivity contribution in [3.05, 3.63) is 63.5 Å². The average molecular weight is 316 g/mol. The first kappa shape index (κ1) is 14.1. The minimum absolute atomic E-state index is 0.0159. The summed E-state index contributed by atoms with van der Waals surface area (Å²) in [5, 5.41) is 25.4. The van der Waals surface area contributed by atoms with E-state index in [1.54, 1.807) is 24.3 Å². The zero-order chi connectivity index (χ0) is 15.9. The summed E-state index contributed by atoms with van der Waals surface area (Å²) in [6.45, 7) is 0. The monoisotopic (exact) mass is 315 g/mol. The van der Waals surface area contributed by atoms with Crippen LogP contribution in [0.4, 0.5) is 5.82 Å². The number of hydrogen-bond acceptors (Lipinski definition) is 4. The van der Waals surface area contributed by atoms with Crippen LogP contribution >= 0.6 is 11.6 Å². The molecule has 6 nitrogen and oxygen atoms in total. The van der Waals surface area contributed by atoms with Gasteiger partial charge >= 0.3 is 11.5 Å². The van der Waals surface area contributed by atoms with Gasteiger partial charge < -0.3 is 10.4 Å². The second-order valence-corrected chi connectivity index (χ2v) is 5.13. The Morgan fingerprint density at radius 2 is 1.68 bits per heavy atom. The number of benzene rings is 2. The Kier molecular flexibility index (Phi) is 3.30. The van der Waals surface area contributed by atoms with Gasteiger partial charge in [-0.25, -0.2) is 4.73 Å². The van der Waals surface area contributed by atoms with Gasteiger partial charge in [0, 0.05) is 16.7 Å². The molecule has 0 atom stereocenters. The van der Waals surface area contributed by atoms with E-state index in [0.717, 1.165) is 0 Å². The van der Waals surface area contributed by atoms with E-state index in [2.05, 4.69) is 0 Å². The van der Waals surface area contributed by atoms with E-state index < -0.39 is 0 Å². The molecule has 0 bridgehead atoms. The molecular formula is C15H10ClN3O3. The number of hydrogen-bond donors (Lipinski definition) is 1. The van der Waals surface area contributed by atoms with Crippen LogP contribution in [0.3, 0.4) is 0 Å². The zero-order valence-electron chi connectivity index (χ0n) is 11.2. The van der Waals surface area contributed by atoms with Crippen molar-refractivity contribution >= 4 is 34.7 Å². The van der Waals surface area contributed by atoms with Crippen molar-refractivity contribution in [2.75, 3.05) is 5.73 Å². The molecule has 0 fully saturated rings. The fourth-order valence-corrected chi connectivity index (χ4v) is 2.40. The van der Waals surface area contributed by atoms with Crippen LogP contribution in [0.1, 0.15) is 10.4 Å². The molecule has 3 rings (SSSR count). The van der Waals surface area contributed by atoms with E-state index >= 15 is 0 Å². The predicted molar refractivity (Wildman–Crippen MR) is 82.1 cm³/mol. The van der Waals surface area contributed by atoms with E-state index in [-0.39, 0.29) is 22.5 Å². The van der Waals surface area contributed by atoms with Gasteiger partial charge in [0.2, 0.25) is 5.52 Å². The maximum absolute atomic E-state index is 12.6. The van der Waals surface area contributed by atoms with E-state index in [9.17, 15) is 15.2 Å². The SMILES string of the molecule is Nc1c(-c2ccc(Cl)cc2)[n+]([O-])c2cc(C=O)ccc2[n+]1[O-]. The van der Waals surface area contributed by atoms with Crippen LogP contribution in [0.15, 0.2) is 42.5 Å². The summed E-state index contributed by atoms with van der Waals surface area (Å²) in [4.78, 5) is 10.9. The molecule has 0 spiro atoms. The van der Waals surface area contributed by atoms with Gasteiger partial charge in [-0.15, -0.1) is 0 Å². The number of carbonyl (C=O) groups is 1. The Hall–Kier alpha value is -2.86. The minimum atomic E-state index is -0.219. The third-order valence-electron chi connectivity index (χ3n) is 3.36. The molecule has 0 unspecified atom stereocenters. The van der Waals surface area contributed by atoms with Crippen molar-refractivity contribution in [3.63, 3.8) is 0 Å². The van der Waals surface area contributed by atoms with Crippen molar-refractivity contribution in [3.8, 4) is 11.3 Å². The number of anilines is 1. The number of fused-ring (bicyclic) bond motifs is 1. The van der Waals surface area contributed by atoms with Crippen LogP contribution in [0.2, 0.25) is 5.02 Å². The van der Waals surface area contributed by atoms with Crippen molar-refractivity contribution in [2.45, 2.75) is 0 Å². The van der Waals surface area contributed by atoms with Crippen LogP contribution in [-0.2, 0) is 0 Å². The number of halogens is 1. The molecule has 0 radical (unpaired) electrons. The maximum Gasteiger partial charge on any atom is 0.351 e. The lowest BCUT2D eigenvalue weighted by Crippen LogP contribution is -2.43. The van der Waals surface area contributed by atoms with Gasteiger partial charge in [0.25, 0.3) is 5.52 Å². The van der Waals surface area contributed by atoms with Gasteiger partial charge in [-0.1, -0.05) is 11.6 Å². The number of aromatic nitrogens is 2. The lowest BCUT2D eigenvalue weighted by Gasteiger charge is -2.13. The molecule has 110 valence electrons. The Morgan fingerprint density at radius 3 is 2.32 bits per heavy atom. The number of carbonyl (C=O) groups excluding carboxylic acids is 1. The van der Waals surface area contributed by atoms with Gasteiger partial charge in [-0.05, 0) is 36.4 Å². The lowest BCUT2D eigenvalue weighted by atomic mass is 10.1. The van der Waals surface area contributed by atoms with Gasteiger partial charge in [0.15, 0.2) is 0 Å². The average Bonchev–Trinajstić information content (AvgIpc) is 2.54. The summed E-state index contributed by atoms with van der Waals surface area (Å²) in [5.74, 6) is -0.219. The molecule has 7 heteroatoms. The highest BCUT2D eigenvalue weighted by Crippen LogP contribution is 2.24. The summed E-state index contributed by atoms with van der Waals surface area (Å²) >= 11 is 5.82. The Morgan fingerprint density at radius 1 is 1.00 bits per heavy atom. The number of nitrogens with two attached hydrogens (primary N) is 1. The van der Waals surface area contributed by atoms with Crippen LogP contribution in [0.25, 0.3) is 22.3 Å². The van der Waals surface area contributed by atoms with Crippen LogP contribution < -0.4 is 15.2 Å². The predicted octanol–water partition coefficient (Wildman–Crippen LogP) is 1.82. The summed E-state index contributed by atoms with van der Waals surface area (Å²) < 4.78 is 1.03. The topological polar surface area (TPSA) is 97.0 Å². The highest BCUT2D eigenvalue weighted by Gasteiger charge is 2.25. The number of nitrogen functional groups attached to an aromatic ring is 1. The van der Waals surface area contributed by atoms with E-state index in [4.69, 9.17) is 17.3 Å². The first-order chi connectivity index (χ1) is 10.5. The van der Waals surface area contributed by atoms with Crippen molar-refractivity contribution in [1.82, 2.24) is 0 Å². The molecule has 0 aliphatic heterocycles. The second kappa shape index (κ2) is 5.16. The third kappa shape index (κ3) is 2.10. The number of aldehydes is 1. The first-order valence-electron chi connectivity index (χ1n) is 6.32. The molecule has 2 N–H and O–H groups in total.